The van der Waals surface area contributed by atoms with Crippen molar-refractivity contribution in [1.29, 1.82) is 0 Å². The molecule has 0 aromatic heterocycles. The number of hydrogen-bond acceptors (Lipinski definition) is 3. The van der Waals surface area contributed by atoms with E-state index >= 15 is 0 Å². The van der Waals surface area contributed by atoms with Gasteiger partial charge < -0.3 is 14.6 Å². The molecule has 21 heavy (non-hydrogen) atoms. The van der Waals surface area contributed by atoms with Crippen molar-refractivity contribution in [3.63, 3.8) is 0 Å². The topological polar surface area (TPSA) is 55.8 Å². The van der Waals surface area contributed by atoms with Crippen LogP contribution < -0.4 is 0 Å². The Bertz CT molecular complexity index is 660. The lowest BCUT2D eigenvalue weighted by Crippen LogP contribution is -2.34. The minimum atomic E-state index is -1.44. The van der Waals surface area contributed by atoms with Gasteiger partial charge in [-0.2, -0.15) is 0 Å². The standard InChI is InChI=1S/C17H14O4/c1-2-11-20-17(21-16(18)19)14-9-5-3-7-12(14)13-8-4-6-10-15(13)17/h2-10H,1,11H2,(H,18,19). The van der Waals surface area contributed by atoms with E-state index in [9.17, 15) is 4.79 Å². The third kappa shape index (κ3) is 2.00. The Kier molecular flexibility index (Phi) is 3.23. The van der Waals surface area contributed by atoms with E-state index < -0.39 is 11.9 Å². The quantitative estimate of drug-likeness (QED) is 0.527. The second kappa shape index (κ2) is 5.07. The van der Waals surface area contributed by atoms with Crippen molar-refractivity contribution in [3.05, 3.63) is 72.3 Å². The first kappa shape index (κ1) is 13.4. The van der Waals surface area contributed by atoms with E-state index in [1.54, 1.807) is 6.08 Å². The van der Waals surface area contributed by atoms with Crippen molar-refractivity contribution in [3.8, 4) is 11.1 Å². The van der Waals surface area contributed by atoms with Crippen LogP contribution in [-0.4, -0.2) is 17.9 Å². The van der Waals surface area contributed by atoms with Gasteiger partial charge in [-0.05, 0) is 11.1 Å². The summed E-state index contributed by atoms with van der Waals surface area (Å²) in [6, 6.07) is 15.0. The van der Waals surface area contributed by atoms with Crippen LogP contribution in [0.2, 0.25) is 0 Å². The van der Waals surface area contributed by atoms with Crippen LogP contribution in [0.4, 0.5) is 4.79 Å². The molecule has 0 heterocycles. The van der Waals surface area contributed by atoms with Crippen LogP contribution in [0.1, 0.15) is 11.1 Å². The Morgan fingerprint density at radius 3 is 2.10 bits per heavy atom. The molecule has 0 saturated heterocycles. The number of carboxylic acid groups (broad SMARTS) is 1. The Morgan fingerprint density at radius 2 is 1.62 bits per heavy atom. The second-order valence-electron chi connectivity index (χ2n) is 4.68. The van der Waals surface area contributed by atoms with E-state index in [4.69, 9.17) is 14.6 Å². The molecule has 3 rings (SSSR count). The number of benzene rings is 2. The summed E-state index contributed by atoms with van der Waals surface area (Å²) in [5.41, 5.74) is 3.21. The molecule has 0 bridgehead atoms. The maximum atomic E-state index is 11.2. The van der Waals surface area contributed by atoms with E-state index in [2.05, 4.69) is 6.58 Å². The largest absolute Gasteiger partial charge is 0.508 e. The molecular formula is C17H14O4. The highest BCUT2D eigenvalue weighted by atomic mass is 16.8. The van der Waals surface area contributed by atoms with Crippen molar-refractivity contribution < 1.29 is 19.4 Å². The van der Waals surface area contributed by atoms with Gasteiger partial charge in [0.1, 0.15) is 0 Å². The van der Waals surface area contributed by atoms with E-state index in [0.29, 0.717) is 11.1 Å². The molecule has 106 valence electrons. The molecule has 2 aromatic rings. The van der Waals surface area contributed by atoms with Gasteiger partial charge in [0, 0.05) is 11.1 Å². The Labute approximate surface area is 122 Å². The number of hydrogen-bond donors (Lipinski definition) is 1. The molecular weight excluding hydrogens is 268 g/mol. The Hall–Kier alpha value is -2.59. The van der Waals surface area contributed by atoms with E-state index in [-0.39, 0.29) is 6.61 Å². The van der Waals surface area contributed by atoms with Gasteiger partial charge in [-0.25, -0.2) is 4.79 Å². The summed E-state index contributed by atoms with van der Waals surface area (Å²) in [4.78, 5) is 11.2. The van der Waals surface area contributed by atoms with Crippen LogP contribution in [0.3, 0.4) is 0 Å². The van der Waals surface area contributed by atoms with E-state index in [0.717, 1.165) is 11.1 Å². The van der Waals surface area contributed by atoms with Crippen molar-refractivity contribution in [2.24, 2.45) is 0 Å². The zero-order chi connectivity index (χ0) is 14.9. The lowest BCUT2D eigenvalue weighted by molar-refractivity contribution is -0.180. The van der Waals surface area contributed by atoms with Crippen LogP contribution in [-0.2, 0) is 15.3 Å². The van der Waals surface area contributed by atoms with Gasteiger partial charge in [0.25, 0.3) is 5.79 Å². The molecule has 0 saturated carbocycles. The summed E-state index contributed by atoms with van der Waals surface area (Å²) in [6.45, 7) is 3.79. The fourth-order valence-electron chi connectivity index (χ4n) is 2.75. The third-order valence-corrected chi connectivity index (χ3v) is 3.49. The predicted octanol–water partition coefficient (Wildman–Crippen LogP) is 3.77. The maximum Gasteiger partial charge on any atom is 0.508 e. The summed E-state index contributed by atoms with van der Waals surface area (Å²) >= 11 is 0. The Balaban J connectivity index is 2.26. The fourth-order valence-corrected chi connectivity index (χ4v) is 2.75. The molecule has 4 nitrogen and oxygen atoms in total. The van der Waals surface area contributed by atoms with Crippen LogP contribution >= 0.6 is 0 Å². The monoisotopic (exact) mass is 282 g/mol. The first-order valence-corrected chi connectivity index (χ1v) is 6.55. The van der Waals surface area contributed by atoms with Gasteiger partial charge in [-0.15, -0.1) is 6.58 Å². The van der Waals surface area contributed by atoms with Crippen molar-refractivity contribution >= 4 is 6.16 Å². The number of ether oxygens (including phenoxy) is 2. The predicted molar refractivity (Wildman–Crippen MR) is 77.9 cm³/mol. The summed E-state index contributed by atoms with van der Waals surface area (Å²) < 4.78 is 11.0. The van der Waals surface area contributed by atoms with Gasteiger partial charge in [-0.3, -0.25) is 0 Å². The number of rotatable bonds is 4. The van der Waals surface area contributed by atoms with Crippen molar-refractivity contribution in [2.75, 3.05) is 6.61 Å². The summed E-state index contributed by atoms with van der Waals surface area (Å²) in [6.07, 6.45) is 0.182. The third-order valence-electron chi connectivity index (χ3n) is 3.49. The van der Waals surface area contributed by atoms with Gasteiger partial charge in [-0.1, -0.05) is 54.6 Å². The van der Waals surface area contributed by atoms with Crippen LogP contribution in [0.25, 0.3) is 11.1 Å². The first-order chi connectivity index (χ1) is 10.2. The highest BCUT2D eigenvalue weighted by Crippen LogP contribution is 2.50. The van der Waals surface area contributed by atoms with Gasteiger partial charge >= 0.3 is 6.16 Å². The molecule has 0 aliphatic heterocycles. The zero-order valence-electron chi connectivity index (χ0n) is 11.3. The molecule has 0 atom stereocenters. The molecule has 0 unspecified atom stereocenters. The van der Waals surface area contributed by atoms with Crippen molar-refractivity contribution in [1.82, 2.24) is 0 Å². The minimum Gasteiger partial charge on any atom is -0.450 e. The SMILES string of the molecule is C=CCOC1(OC(=O)O)c2ccccc2-c2ccccc21. The lowest BCUT2D eigenvalue weighted by atomic mass is 10.0. The lowest BCUT2D eigenvalue weighted by Gasteiger charge is -2.29. The fraction of sp³-hybridized carbons (Fsp3) is 0.118. The maximum absolute atomic E-state index is 11.2. The van der Waals surface area contributed by atoms with Crippen molar-refractivity contribution in [2.45, 2.75) is 5.79 Å². The summed E-state index contributed by atoms with van der Waals surface area (Å²) in [7, 11) is 0. The smallest absolute Gasteiger partial charge is 0.450 e. The van der Waals surface area contributed by atoms with Crippen LogP contribution in [0.5, 0.6) is 0 Å². The molecule has 0 amide bonds. The van der Waals surface area contributed by atoms with Gasteiger partial charge in [0.05, 0.1) is 6.61 Å². The molecule has 1 aliphatic carbocycles. The number of carbonyl (C=O) groups is 1. The molecule has 2 aromatic carbocycles. The normalized spacial score (nSPS) is 14.1. The molecule has 1 aliphatic rings. The average Bonchev–Trinajstić information content (AvgIpc) is 2.77. The Morgan fingerprint density at radius 1 is 1.10 bits per heavy atom. The molecule has 0 fully saturated rings. The molecule has 0 radical (unpaired) electrons. The van der Waals surface area contributed by atoms with Gasteiger partial charge in [0.2, 0.25) is 0 Å². The summed E-state index contributed by atoms with van der Waals surface area (Å²) in [5, 5.41) is 9.16. The summed E-state index contributed by atoms with van der Waals surface area (Å²) in [5.74, 6) is -1.44. The number of fused-ring (bicyclic) bond motifs is 3. The molecule has 4 heteroatoms. The van der Waals surface area contributed by atoms with Crippen LogP contribution in [0, 0.1) is 0 Å². The molecule has 0 spiro atoms. The van der Waals surface area contributed by atoms with Crippen LogP contribution in [0.15, 0.2) is 61.2 Å². The zero-order valence-corrected chi connectivity index (χ0v) is 11.3. The van der Waals surface area contributed by atoms with E-state index in [1.165, 1.54) is 0 Å². The average molecular weight is 282 g/mol. The highest BCUT2D eigenvalue weighted by molar-refractivity contribution is 5.80. The minimum absolute atomic E-state index is 0.177. The molecule has 1 N–H and O–H groups in total. The highest BCUT2D eigenvalue weighted by Gasteiger charge is 2.48. The van der Waals surface area contributed by atoms with E-state index in [1.807, 2.05) is 48.5 Å². The second-order valence-corrected chi connectivity index (χ2v) is 4.68. The first-order valence-electron chi connectivity index (χ1n) is 6.55. The van der Waals surface area contributed by atoms with Gasteiger partial charge in [0.15, 0.2) is 0 Å².